The number of carbonyl (C=O) groups is 2. The average Bonchev–Trinajstić information content (AvgIpc) is 2.36. The second-order valence-electron chi connectivity index (χ2n) is 4.82. The molecule has 0 radical (unpaired) electrons. The van der Waals surface area contributed by atoms with E-state index in [1.807, 2.05) is 0 Å². The lowest BCUT2D eigenvalue weighted by Gasteiger charge is -2.39. The summed E-state index contributed by atoms with van der Waals surface area (Å²) in [5.74, 6) is 0. The van der Waals surface area contributed by atoms with E-state index in [9.17, 15) is 14.7 Å². The van der Waals surface area contributed by atoms with Gasteiger partial charge >= 0.3 is 12.1 Å². The van der Waals surface area contributed by atoms with Crippen LogP contribution in [-0.2, 0) is 6.54 Å². The third kappa shape index (κ3) is 2.86. The van der Waals surface area contributed by atoms with E-state index in [4.69, 9.17) is 11.6 Å². The molecule has 1 aliphatic rings. The molecule has 0 aromatic heterocycles. The van der Waals surface area contributed by atoms with Gasteiger partial charge in [-0.05, 0) is 31.5 Å². The zero-order valence-corrected chi connectivity index (χ0v) is 12.0. The molecule has 2 rings (SSSR count). The van der Waals surface area contributed by atoms with Crippen molar-refractivity contribution in [2.75, 3.05) is 0 Å². The summed E-state index contributed by atoms with van der Waals surface area (Å²) in [5, 5.41) is 12.8. The zero-order valence-electron chi connectivity index (χ0n) is 11.2. The summed E-state index contributed by atoms with van der Waals surface area (Å²) in [7, 11) is 0. The number of urea groups is 2. The fourth-order valence-electron chi connectivity index (χ4n) is 1.98. The van der Waals surface area contributed by atoms with Crippen molar-refractivity contribution in [1.29, 1.82) is 0 Å². The molecule has 0 spiro atoms. The van der Waals surface area contributed by atoms with E-state index in [0.717, 1.165) is 10.5 Å². The predicted octanol–water partition coefficient (Wildman–Crippen LogP) is 1.97. The topological polar surface area (TPSA) is 72.9 Å². The van der Waals surface area contributed by atoms with E-state index in [2.05, 4.69) is 5.32 Å². The summed E-state index contributed by atoms with van der Waals surface area (Å²) in [6.07, 6.45) is -1.33. The Balaban J connectivity index is 2.19. The van der Waals surface area contributed by atoms with E-state index in [-0.39, 0.29) is 12.6 Å². The van der Waals surface area contributed by atoms with E-state index in [0.29, 0.717) is 5.02 Å². The molecular weight excluding hydrogens is 282 g/mol. The minimum atomic E-state index is -1.33. The molecule has 1 aromatic rings. The minimum absolute atomic E-state index is 0.181. The van der Waals surface area contributed by atoms with Crippen molar-refractivity contribution in [2.24, 2.45) is 0 Å². The molecule has 0 bridgehead atoms. The SMILES string of the molecule is CC(C)N1C(=O)NC(O)N(Cc2ccc(Cl)cc2)C1=O. The summed E-state index contributed by atoms with van der Waals surface area (Å²) in [4.78, 5) is 26.2. The molecule has 6 nitrogen and oxygen atoms in total. The molecule has 4 amide bonds. The van der Waals surface area contributed by atoms with Crippen LogP contribution in [0.2, 0.25) is 5.02 Å². The monoisotopic (exact) mass is 297 g/mol. The fraction of sp³-hybridized carbons (Fsp3) is 0.385. The third-order valence-corrected chi connectivity index (χ3v) is 3.25. The largest absolute Gasteiger partial charge is 0.356 e. The van der Waals surface area contributed by atoms with Gasteiger partial charge in [-0.15, -0.1) is 0 Å². The van der Waals surface area contributed by atoms with Gasteiger partial charge in [0.2, 0.25) is 6.35 Å². The number of halogens is 1. The second kappa shape index (κ2) is 5.68. The van der Waals surface area contributed by atoms with Gasteiger partial charge in [0, 0.05) is 11.1 Å². The van der Waals surface area contributed by atoms with E-state index >= 15 is 0 Å². The van der Waals surface area contributed by atoms with Crippen LogP contribution in [0.1, 0.15) is 19.4 Å². The van der Waals surface area contributed by atoms with Crippen molar-refractivity contribution >= 4 is 23.7 Å². The molecule has 7 heteroatoms. The second-order valence-corrected chi connectivity index (χ2v) is 5.26. The van der Waals surface area contributed by atoms with Crippen molar-refractivity contribution in [2.45, 2.75) is 32.8 Å². The van der Waals surface area contributed by atoms with Gasteiger partial charge in [-0.3, -0.25) is 10.2 Å². The molecule has 1 aliphatic heterocycles. The number of imide groups is 1. The molecule has 108 valence electrons. The Morgan fingerprint density at radius 3 is 2.45 bits per heavy atom. The minimum Gasteiger partial charge on any atom is -0.356 e. The van der Waals surface area contributed by atoms with E-state index in [1.54, 1.807) is 38.1 Å². The zero-order chi connectivity index (χ0) is 14.9. The Labute approximate surface area is 121 Å². The van der Waals surface area contributed by atoms with Crippen LogP contribution in [0.25, 0.3) is 0 Å². The first-order valence-electron chi connectivity index (χ1n) is 6.23. The molecule has 1 atom stereocenters. The summed E-state index contributed by atoms with van der Waals surface area (Å²) in [6.45, 7) is 3.64. The van der Waals surface area contributed by atoms with Crippen LogP contribution in [0.4, 0.5) is 9.59 Å². The molecule has 1 fully saturated rings. The molecule has 0 aliphatic carbocycles. The van der Waals surface area contributed by atoms with Crippen molar-refractivity contribution < 1.29 is 14.7 Å². The normalized spacial score (nSPS) is 19.6. The van der Waals surface area contributed by atoms with Crippen LogP contribution in [0.15, 0.2) is 24.3 Å². The highest BCUT2D eigenvalue weighted by Gasteiger charge is 2.38. The summed E-state index contributed by atoms with van der Waals surface area (Å²) in [6, 6.07) is 5.53. The van der Waals surface area contributed by atoms with Gasteiger partial charge in [0.1, 0.15) is 0 Å². The van der Waals surface area contributed by atoms with Gasteiger partial charge in [0.15, 0.2) is 0 Å². The van der Waals surface area contributed by atoms with Gasteiger partial charge in [0.05, 0.1) is 6.54 Å². The van der Waals surface area contributed by atoms with Crippen LogP contribution < -0.4 is 5.32 Å². The number of nitrogens with zero attached hydrogens (tertiary/aromatic N) is 2. The molecule has 2 N–H and O–H groups in total. The Hall–Kier alpha value is -1.79. The molecule has 20 heavy (non-hydrogen) atoms. The number of rotatable bonds is 3. The summed E-state index contributed by atoms with van der Waals surface area (Å²) < 4.78 is 0. The standard InChI is InChI=1S/C13H16ClN3O3/c1-8(2)17-12(19)15-11(18)16(13(17)20)7-9-3-5-10(14)6-4-9/h3-6,8,11,18H,7H2,1-2H3,(H,15,19). The quantitative estimate of drug-likeness (QED) is 0.896. The van der Waals surface area contributed by atoms with Crippen molar-refractivity contribution in [3.63, 3.8) is 0 Å². The summed E-state index contributed by atoms with van der Waals surface area (Å²) >= 11 is 5.80. The van der Waals surface area contributed by atoms with Crippen molar-refractivity contribution in [3.05, 3.63) is 34.9 Å². The maximum absolute atomic E-state index is 12.3. The van der Waals surface area contributed by atoms with Crippen LogP contribution in [-0.4, -0.2) is 39.4 Å². The number of aliphatic hydroxyl groups excluding tert-OH is 1. The first kappa shape index (κ1) is 14.6. The number of carbonyl (C=O) groups excluding carboxylic acids is 2. The van der Waals surface area contributed by atoms with Gasteiger partial charge in [0.25, 0.3) is 0 Å². The Bertz CT molecular complexity index is 518. The first-order chi connectivity index (χ1) is 9.40. The molecule has 1 heterocycles. The van der Waals surface area contributed by atoms with Crippen LogP contribution in [0, 0.1) is 0 Å². The van der Waals surface area contributed by atoms with Gasteiger partial charge in [-0.25, -0.2) is 14.5 Å². The highest BCUT2D eigenvalue weighted by molar-refractivity contribution is 6.30. The molecular formula is C13H16ClN3O3. The number of benzene rings is 1. The lowest BCUT2D eigenvalue weighted by atomic mass is 10.2. The average molecular weight is 298 g/mol. The lowest BCUT2D eigenvalue weighted by molar-refractivity contribution is -0.0212. The van der Waals surface area contributed by atoms with Crippen molar-refractivity contribution in [1.82, 2.24) is 15.1 Å². The molecule has 0 saturated carbocycles. The van der Waals surface area contributed by atoms with Gasteiger partial charge < -0.3 is 5.11 Å². The van der Waals surface area contributed by atoms with Crippen LogP contribution in [0.3, 0.4) is 0 Å². The van der Waals surface area contributed by atoms with E-state index in [1.165, 1.54) is 4.90 Å². The Morgan fingerprint density at radius 1 is 1.30 bits per heavy atom. The molecule has 1 saturated heterocycles. The smallest absolute Gasteiger partial charge is 0.332 e. The predicted molar refractivity (Wildman–Crippen MR) is 73.9 cm³/mol. The maximum Gasteiger partial charge on any atom is 0.332 e. The number of amides is 4. The first-order valence-corrected chi connectivity index (χ1v) is 6.61. The van der Waals surface area contributed by atoms with Crippen LogP contribution in [0.5, 0.6) is 0 Å². The van der Waals surface area contributed by atoms with Crippen LogP contribution >= 0.6 is 11.6 Å². The highest BCUT2D eigenvalue weighted by Crippen LogP contribution is 2.17. The Kier molecular flexibility index (Phi) is 4.15. The molecule has 1 aromatic carbocycles. The van der Waals surface area contributed by atoms with Gasteiger partial charge in [-0.2, -0.15) is 0 Å². The number of aliphatic hydroxyl groups is 1. The number of hydrogen-bond acceptors (Lipinski definition) is 3. The Morgan fingerprint density at radius 2 is 1.90 bits per heavy atom. The lowest BCUT2D eigenvalue weighted by Crippen LogP contribution is -2.65. The van der Waals surface area contributed by atoms with Gasteiger partial charge in [-0.1, -0.05) is 23.7 Å². The molecule has 1 unspecified atom stereocenters. The highest BCUT2D eigenvalue weighted by atomic mass is 35.5. The maximum atomic E-state index is 12.3. The fourth-order valence-corrected chi connectivity index (χ4v) is 2.11. The van der Waals surface area contributed by atoms with Crippen molar-refractivity contribution in [3.8, 4) is 0 Å². The third-order valence-electron chi connectivity index (χ3n) is 3.00. The number of hydrogen-bond donors (Lipinski definition) is 2. The van der Waals surface area contributed by atoms with E-state index < -0.39 is 18.4 Å². The number of nitrogens with one attached hydrogen (secondary N) is 1. The summed E-state index contributed by atoms with van der Waals surface area (Å²) in [5.41, 5.74) is 0.807.